The highest BCUT2D eigenvalue weighted by molar-refractivity contribution is 7.89. The van der Waals surface area contributed by atoms with Gasteiger partial charge < -0.3 is 19.4 Å². The van der Waals surface area contributed by atoms with Gasteiger partial charge in [0.2, 0.25) is 10.0 Å². The molecule has 3 rings (SSSR count). The Morgan fingerprint density at radius 1 is 1.07 bits per heavy atom. The zero-order chi connectivity index (χ0) is 19.9. The summed E-state index contributed by atoms with van der Waals surface area (Å²) in [5.74, 6) is -1.41. The number of amides is 1. The van der Waals surface area contributed by atoms with Gasteiger partial charge in [0.1, 0.15) is 22.0 Å². The van der Waals surface area contributed by atoms with E-state index < -0.39 is 16.0 Å². The molecule has 0 unspecified atom stereocenters. The van der Waals surface area contributed by atoms with E-state index in [1.165, 1.54) is 18.2 Å². The van der Waals surface area contributed by atoms with Crippen molar-refractivity contribution in [3.8, 4) is 0 Å². The summed E-state index contributed by atoms with van der Waals surface area (Å²) in [6.07, 6.45) is 3.35. The average molecular weight is 395 g/mol. The van der Waals surface area contributed by atoms with Crippen LogP contribution in [0.1, 0.15) is 37.8 Å². The number of hydrogen-bond donors (Lipinski definition) is 2. The Morgan fingerprint density at radius 3 is 2.22 bits per heavy atom. The monoisotopic (exact) mass is 395 g/mol. The lowest BCUT2D eigenvalue weighted by molar-refractivity contribution is 0.0689. The lowest BCUT2D eigenvalue weighted by atomic mass is 10.2. The van der Waals surface area contributed by atoms with Crippen molar-refractivity contribution >= 4 is 21.9 Å². The van der Waals surface area contributed by atoms with Crippen LogP contribution in [0.5, 0.6) is 0 Å². The van der Waals surface area contributed by atoms with Crippen LogP contribution in [0.25, 0.3) is 0 Å². The summed E-state index contributed by atoms with van der Waals surface area (Å²) >= 11 is 0. The predicted molar refractivity (Wildman–Crippen MR) is 95.3 cm³/mol. The van der Waals surface area contributed by atoms with Crippen LogP contribution in [0, 0.1) is 20.8 Å². The Kier molecular flexibility index (Phi) is 4.87. The van der Waals surface area contributed by atoms with Crippen molar-refractivity contribution in [1.29, 1.82) is 0 Å². The van der Waals surface area contributed by atoms with Crippen LogP contribution in [0.3, 0.4) is 0 Å². The molecule has 9 nitrogen and oxygen atoms in total. The van der Waals surface area contributed by atoms with Crippen LogP contribution in [0.4, 0.5) is 0 Å². The predicted octanol–water partition coefficient (Wildman–Crippen LogP) is 1.38. The lowest BCUT2D eigenvalue weighted by Gasteiger charge is -2.34. The van der Waals surface area contributed by atoms with Crippen molar-refractivity contribution in [2.75, 3.05) is 26.2 Å². The Balaban J connectivity index is 1.81. The molecule has 0 aliphatic carbocycles. The summed E-state index contributed by atoms with van der Waals surface area (Å²) < 4.78 is 32.5. The number of furan rings is 1. The molecule has 1 aliphatic heterocycles. The molecular weight excluding hydrogens is 374 g/mol. The SMILES string of the molecule is Cc1c[nH]cc1C(=O)N1CCN(S(=O)(=O)c2c(C)oc(C)c2C(=O)O)CC1. The van der Waals surface area contributed by atoms with Crippen LogP contribution in [-0.2, 0) is 10.0 Å². The van der Waals surface area contributed by atoms with Gasteiger partial charge in [-0.3, -0.25) is 4.79 Å². The Hall–Kier alpha value is -2.59. The number of carboxylic acid groups (broad SMARTS) is 1. The van der Waals surface area contributed by atoms with E-state index in [4.69, 9.17) is 4.42 Å². The zero-order valence-corrected chi connectivity index (χ0v) is 16.1. The average Bonchev–Trinajstić information content (AvgIpc) is 3.17. The second kappa shape index (κ2) is 6.86. The zero-order valence-electron chi connectivity index (χ0n) is 15.3. The van der Waals surface area contributed by atoms with Gasteiger partial charge in [-0.25, -0.2) is 13.2 Å². The van der Waals surface area contributed by atoms with Gasteiger partial charge in [-0.1, -0.05) is 0 Å². The minimum Gasteiger partial charge on any atom is -0.478 e. The normalized spacial score (nSPS) is 15.9. The van der Waals surface area contributed by atoms with Gasteiger partial charge in [0, 0.05) is 38.6 Å². The first-order valence-corrected chi connectivity index (χ1v) is 9.84. The Labute approximate surface area is 156 Å². The van der Waals surface area contributed by atoms with E-state index in [2.05, 4.69) is 4.98 Å². The maximum Gasteiger partial charge on any atom is 0.340 e. The van der Waals surface area contributed by atoms with Crippen molar-refractivity contribution in [2.45, 2.75) is 25.7 Å². The number of aryl methyl sites for hydroxylation is 3. The number of sulfonamides is 1. The van der Waals surface area contributed by atoms with Crippen molar-refractivity contribution in [2.24, 2.45) is 0 Å². The number of H-pyrrole nitrogens is 1. The first-order chi connectivity index (χ1) is 12.6. The van der Waals surface area contributed by atoms with Gasteiger partial charge in [0.05, 0.1) is 5.56 Å². The van der Waals surface area contributed by atoms with Crippen LogP contribution in [0.2, 0.25) is 0 Å². The minimum absolute atomic E-state index is 0.0475. The number of hydrogen-bond acceptors (Lipinski definition) is 5. The topological polar surface area (TPSA) is 124 Å². The number of aromatic amines is 1. The van der Waals surface area contributed by atoms with E-state index in [1.807, 2.05) is 6.92 Å². The summed E-state index contributed by atoms with van der Waals surface area (Å²) in [5, 5.41) is 9.37. The molecule has 1 fully saturated rings. The molecule has 0 radical (unpaired) electrons. The van der Waals surface area contributed by atoms with E-state index in [1.54, 1.807) is 17.3 Å². The Bertz CT molecular complexity index is 996. The fourth-order valence-corrected chi connectivity index (χ4v) is 5.12. The third-order valence-electron chi connectivity index (χ3n) is 4.73. The number of carbonyl (C=O) groups excluding carboxylic acids is 1. The number of carbonyl (C=O) groups is 2. The second-order valence-electron chi connectivity index (χ2n) is 6.47. The summed E-state index contributed by atoms with van der Waals surface area (Å²) in [6.45, 7) is 5.29. The van der Waals surface area contributed by atoms with E-state index in [0.717, 1.165) is 5.56 Å². The molecule has 0 bridgehead atoms. The number of nitrogens with one attached hydrogen (secondary N) is 1. The largest absolute Gasteiger partial charge is 0.478 e. The van der Waals surface area contributed by atoms with Gasteiger partial charge in [0.15, 0.2) is 0 Å². The maximum atomic E-state index is 13.0. The van der Waals surface area contributed by atoms with Crippen LogP contribution in [0.15, 0.2) is 21.7 Å². The number of aromatic carboxylic acids is 1. The molecule has 0 spiro atoms. The third-order valence-corrected chi connectivity index (χ3v) is 6.78. The van der Waals surface area contributed by atoms with E-state index in [0.29, 0.717) is 5.56 Å². The molecule has 146 valence electrons. The molecule has 10 heteroatoms. The highest BCUT2D eigenvalue weighted by Crippen LogP contribution is 2.30. The van der Waals surface area contributed by atoms with Crippen LogP contribution < -0.4 is 0 Å². The van der Waals surface area contributed by atoms with Crippen molar-refractivity contribution in [3.05, 3.63) is 40.6 Å². The van der Waals surface area contributed by atoms with Gasteiger partial charge in [-0.05, 0) is 26.3 Å². The number of nitrogens with zero attached hydrogens (tertiary/aromatic N) is 2. The van der Waals surface area contributed by atoms with E-state index in [-0.39, 0.29) is 54.1 Å². The number of aromatic nitrogens is 1. The third kappa shape index (κ3) is 3.26. The highest BCUT2D eigenvalue weighted by Gasteiger charge is 2.37. The minimum atomic E-state index is -4.04. The standard InChI is InChI=1S/C17H21N3O6S/c1-10-8-18-9-13(10)16(21)19-4-6-20(7-5-19)27(24,25)15-12(3)26-11(2)14(15)17(22)23/h8-9,18H,4-7H2,1-3H3,(H,22,23). The summed E-state index contributed by atoms with van der Waals surface area (Å²) in [6, 6.07) is 0. The first-order valence-electron chi connectivity index (χ1n) is 8.40. The van der Waals surface area contributed by atoms with Gasteiger partial charge in [-0.15, -0.1) is 0 Å². The van der Waals surface area contributed by atoms with Crippen LogP contribution >= 0.6 is 0 Å². The first kappa shape index (κ1) is 19.2. The number of carboxylic acids is 1. The number of rotatable bonds is 4. The second-order valence-corrected chi connectivity index (χ2v) is 8.35. The molecule has 3 heterocycles. The molecule has 0 aromatic carbocycles. The molecule has 1 aliphatic rings. The smallest absolute Gasteiger partial charge is 0.340 e. The molecule has 27 heavy (non-hydrogen) atoms. The fraction of sp³-hybridized carbons (Fsp3) is 0.412. The quantitative estimate of drug-likeness (QED) is 0.806. The molecule has 1 amide bonds. The molecule has 2 N–H and O–H groups in total. The molecule has 0 atom stereocenters. The molecule has 2 aromatic heterocycles. The van der Waals surface area contributed by atoms with E-state index in [9.17, 15) is 23.1 Å². The van der Waals surface area contributed by atoms with Gasteiger partial charge >= 0.3 is 5.97 Å². The number of piperazine rings is 1. The molecule has 0 saturated carbocycles. The fourth-order valence-electron chi connectivity index (χ4n) is 3.32. The van der Waals surface area contributed by atoms with E-state index >= 15 is 0 Å². The summed E-state index contributed by atoms with van der Waals surface area (Å²) in [7, 11) is -4.04. The van der Waals surface area contributed by atoms with Gasteiger partial charge in [-0.2, -0.15) is 4.31 Å². The van der Waals surface area contributed by atoms with Gasteiger partial charge in [0.25, 0.3) is 5.91 Å². The Morgan fingerprint density at radius 2 is 1.70 bits per heavy atom. The maximum absolute atomic E-state index is 13.0. The molecule has 2 aromatic rings. The molecule has 1 saturated heterocycles. The highest BCUT2D eigenvalue weighted by atomic mass is 32.2. The summed E-state index contributed by atoms with van der Waals surface area (Å²) in [5.41, 5.74) is 1.04. The van der Waals surface area contributed by atoms with Crippen molar-refractivity contribution < 1.29 is 27.5 Å². The summed E-state index contributed by atoms with van der Waals surface area (Å²) in [4.78, 5) is 28.2. The lowest BCUT2D eigenvalue weighted by Crippen LogP contribution is -2.50. The van der Waals surface area contributed by atoms with Crippen molar-refractivity contribution in [1.82, 2.24) is 14.2 Å². The van der Waals surface area contributed by atoms with Crippen molar-refractivity contribution in [3.63, 3.8) is 0 Å². The molecular formula is C17H21N3O6S. The van der Waals surface area contributed by atoms with Crippen LogP contribution in [-0.4, -0.2) is 65.8 Å².